The number of benzene rings is 1. The average Bonchev–Trinajstić information content (AvgIpc) is 2.34. The van der Waals surface area contributed by atoms with Gasteiger partial charge in [-0.05, 0) is 19.4 Å². The van der Waals surface area contributed by atoms with Gasteiger partial charge in [0.2, 0.25) is 5.91 Å². The molecule has 1 atom stereocenters. The van der Waals surface area contributed by atoms with E-state index in [1.165, 1.54) is 0 Å². The maximum atomic E-state index is 11.7. The summed E-state index contributed by atoms with van der Waals surface area (Å²) in [6, 6.07) is 8.69. The molecule has 5 heteroatoms. The molecule has 0 aliphatic carbocycles. The van der Waals surface area contributed by atoms with Crippen molar-refractivity contribution in [2.45, 2.75) is 26.0 Å². The van der Waals surface area contributed by atoms with Crippen molar-refractivity contribution in [2.75, 3.05) is 13.2 Å². The summed E-state index contributed by atoms with van der Waals surface area (Å²) < 4.78 is 5.32. The Kier molecular flexibility index (Phi) is 8.37. The fraction of sp³-hybridized carbons (Fsp3) is 0.462. The minimum absolute atomic E-state index is 0. The van der Waals surface area contributed by atoms with E-state index in [1.54, 1.807) is 0 Å². The molecule has 0 radical (unpaired) electrons. The second-order valence-corrected chi connectivity index (χ2v) is 4.10. The van der Waals surface area contributed by atoms with Crippen LogP contribution in [0.3, 0.4) is 0 Å². The summed E-state index contributed by atoms with van der Waals surface area (Å²) in [5.74, 6) is -0.177. The van der Waals surface area contributed by atoms with Gasteiger partial charge >= 0.3 is 0 Å². The summed E-state index contributed by atoms with van der Waals surface area (Å²) in [6.07, 6.45) is 0.176. The number of hydrogen-bond donors (Lipinski definition) is 2. The van der Waals surface area contributed by atoms with Crippen molar-refractivity contribution in [3.8, 4) is 0 Å². The van der Waals surface area contributed by atoms with Crippen molar-refractivity contribution >= 4 is 18.3 Å². The second kappa shape index (κ2) is 8.91. The lowest BCUT2D eigenvalue weighted by Gasteiger charge is -2.13. The van der Waals surface area contributed by atoms with Gasteiger partial charge in [-0.1, -0.05) is 30.3 Å². The van der Waals surface area contributed by atoms with Gasteiger partial charge in [-0.2, -0.15) is 0 Å². The molecule has 4 nitrogen and oxygen atoms in total. The number of hydrogen-bond acceptors (Lipinski definition) is 3. The van der Waals surface area contributed by atoms with Crippen LogP contribution in [-0.4, -0.2) is 25.2 Å². The van der Waals surface area contributed by atoms with Gasteiger partial charge in [0.25, 0.3) is 0 Å². The van der Waals surface area contributed by atoms with Gasteiger partial charge in [-0.3, -0.25) is 4.79 Å². The smallest absolute Gasteiger partial charge is 0.241 e. The van der Waals surface area contributed by atoms with Gasteiger partial charge in [0, 0.05) is 6.54 Å². The third-order valence-electron chi connectivity index (χ3n) is 2.29. The quantitative estimate of drug-likeness (QED) is 0.774. The normalized spacial score (nSPS) is 11.8. The Bertz CT molecular complexity index is 344. The van der Waals surface area contributed by atoms with Gasteiger partial charge < -0.3 is 15.8 Å². The van der Waals surface area contributed by atoms with E-state index in [2.05, 4.69) is 5.32 Å². The number of nitrogens with two attached hydrogens (primary N) is 1. The molecule has 1 aromatic carbocycles. The van der Waals surface area contributed by atoms with E-state index in [0.29, 0.717) is 13.2 Å². The van der Waals surface area contributed by atoms with Gasteiger partial charge in [-0.15, -0.1) is 12.4 Å². The Morgan fingerprint density at radius 1 is 1.33 bits per heavy atom. The van der Waals surface area contributed by atoms with Crippen LogP contribution in [0.2, 0.25) is 0 Å². The SMILES string of the molecule is CC(C)OCCNC(=O)C(N)c1ccccc1.Cl. The third-order valence-corrected chi connectivity index (χ3v) is 2.29. The van der Waals surface area contributed by atoms with E-state index < -0.39 is 6.04 Å². The van der Waals surface area contributed by atoms with E-state index in [9.17, 15) is 4.79 Å². The van der Waals surface area contributed by atoms with Crippen LogP contribution in [-0.2, 0) is 9.53 Å². The monoisotopic (exact) mass is 272 g/mol. The highest BCUT2D eigenvalue weighted by molar-refractivity contribution is 5.85. The van der Waals surface area contributed by atoms with Crippen LogP contribution in [0.15, 0.2) is 30.3 Å². The second-order valence-electron chi connectivity index (χ2n) is 4.10. The minimum atomic E-state index is -0.616. The Hall–Kier alpha value is -1.10. The predicted octanol–water partition coefficient (Wildman–Crippen LogP) is 1.65. The molecule has 0 saturated carbocycles. The van der Waals surface area contributed by atoms with Crippen LogP contribution in [0.5, 0.6) is 0 Å². The van der Waals surface area contributed by atoms with Gasteiger partial charge in [0.15, 0.2) is 0 Å². The largest absolute Gasteiger partial charge is 0.377 e. The minimum Gasteiger partial charge on any atom is -0.377 e. The summed E-state index contributed by atoms with van der Waals surface area (Å²) in [5.41, 5.74) is 6.64. The van der Waals surface area contributed by atoms with Crippen LogP contribution in [0, 0.1) is 0 Å². The molecule has 0 saturated heterocycles. The molecular weight excluding hydrogens is 252 g/mol. The van der Waals surface area contributed by atoms with Crippen molar-refractivity contribution < 1.29 is 9.53 Å². The lowest BCUT2D eigenvalue weighted by molar-refractivity contribution is -0.122. The molecule has 0 fully saturated rings. The lowest BCUT2D eigenvalue weighted by atomic mass is 10.1. The van der Waals surface area contributed by atoms with Crippen molar-refractivity contribution in [3.05, 3.63) is 35.9 Å². The summed E-state index contributed by atoms with van der Waals surface area (Å²) in [5, 5.41) is 2.75. The number of rotatable bonds is 6. The standard InChI is InChI=1S/C13H20N2O2.ClH/c1-10(2)17-9-8-15-13(16)12(14)11-6-4-3-5-7-11;/h3-7,10,12H,8-9,14H2,1-2H3,(H,15,16);1H. The van der Waals surface area contributed by atoms with Crippen molar-refractivity contribution in [1.82, 2.24) is 5.32 Å². The molecule has 18 heavy (non-hydrogen) atoms. The predicted molar refractivity (Wildman–Crippen MR) is 74.7 cm³/mol. The molecule has 1 unspecified atom stereocenters. The maximum Gasteiger partial charge on any atom is 0.241 e. The number of carbonyl (C=O) groups is 1. The zero-order chi connectivity index (χ0) is 12.7. The molecule has 0 bridgehead atoms. The lowest BCUT2D eigenvalue weighted by Crippen LogP contribution is -2.36. The molecule has 0 spiro atoms. The van der Waals surface area contributed by atoms with Crippen LogP contribution in [0.25, 0.3) is 0 Å². The third kappa shape index (κ3) is 6.00. The van der Waals surface area contributed by atoms with Gasteiger partial charge in [0.05, 0.1) is 12.7 Å². The Labute approximate surface area is 114 Å². The zero-order valence-electron chi connectivity index (χ0n) is 10.8. The fourth-order valence-electron chi connectivity index (χ4n) is 1.39. The highest BCUT2D eigenvalue weighted by Gasteiger charge is 2.14. The molecule has 3 N–H and O–H groups in total. The van der Waals surface area contributed by atoms with Crippen LogP contribution >= 0.6 is 12.4 Å². The van der Waals surface area contributed by atoms with Crippen LogP contribution in [0.4, 0.5) is 0 Å². The van der Waals surface area contributed by atoms with E-state index in [4.69, 9.17) is 10.5 Å². The van der Waals surface area contributed by atoms with E-state index in [-0.39, 0.29) is 24.4 Å². The van der Waals surface area contributed by atoms with Gasteiger partial charge in [-0.25, -0.2) is 0 Å². The van der Waals surface area contributed by atoms with Crippen molar-refractivity contribution in [2.24, 2.45) is 5.73 Å². The molecule has 0 aliphatic rings. The average molecular weight is 273 g/mol. The molecule has 1 aromatic rings. The Morgan fingerprint density at radius 2 is 1.94 bits per heavy atom. The van der Waals surface area contributed by atoms with Crippen molar-refractivity contribution in [3.63, 3.8) is 0 Å². The van der Waals surface area contributed by atoms with E-state index >= 15 is 0 Å². The topological polar surface area (TPSA) is 64.3 Å². The first kappa shape index (κ1) is 16.9. The first-order chi connectivity index (χ1) is 8.11. The highest BCUT2D eigenvalue weighted by Crippen LogP contribution is 2.08. The Morgan fingerprint density at radius 3 is 2.50 bits per heavy atom. The van der Waals surface area contributed by atoms with Crippen LogP contribution < -0.4 is 11.1 Å². The first-order valence-corrected chi connectivity index (χ1v) is 5.81. The highest BCUT2D eigenvalue weighted by atomic mass is 35.5. The first-order valence-electron chi connectivity index (χ1n) is 5.81. The number of carbonyl (C=O) groups excluding carboxylic acids is 1. The number of nitrogens with one attached hydrogen (secondary N) is 1. The Balaban J connectivity index is 0.00000289. The molecule has 102 valence electrons. The summed E-state index contributed by atoms with van der Waals surface area (Å²) in [6.45, 7) is 4.90. The molecule has 1 rings (SSSR count). The van der Waals surface area contributed by atoms with Crippen molar-refractivity contribution in [1.29, 1.82) is 0 Å². The fourth-order valence-corrected chi connectivity index (χ4v) is 1.39. The molecular formula is C13H21ClN2O2. The number of amides is 1. The molecule has 0 aromatic heterocycles. The number of ether oxygens (including phenoxy) is 1. The molecule has 0 aliphatic heterocycles. The van der Waals surface area contributed by atoms with Crippen LogP contribution in [0.1, 0.15) is 25.5 Å². The molecule has 0 heterocycles. The number of halogens is 1. The summed E-state index contributed by atoms with van der Waals surface area (Å²) in [7, 11) is 0. The summed E-state index contributed by atoms with van der Waals surface area (Å²) >= 11 is 0. The van der Waals surface area contributed by atoms with E-state index in [1.807, 2.05) is 44.2 Å². The molecule has 1 amide bonds. The zero-order valence-corrected chi connectivity index (χ0v) is 11.6. The maximum absolute atomic E-state index is 11.7. The summed E-state index contributed by atoms with van der Waals surface area (Å²) in [4.78, 5) is 11.7. The van der Waals surface area contributed by atoms with Gasteiger partial charge in [0.1, 0.15) is 6.04 Å². The van der Waals surface area contributed by atoms with E-state index in [0.717, 1.165) is 5.56 Å².